The lowest BCUT2D eigenvalue weighted by atomic mass is 9.92. The molecule has 0 aromatic rings. The van der Waals surface area contributed by atoms with E-state index in [2.05, 4.69) is 18.7 Å². The van der Waals surface area contributed by atoms with Crippen LogP contribution < -0.4 is 5.73 Å². The SMILES string of the molecule is CSCCC(N)C(=O)N1CCN(CC(=O)N2CC(C)CC(C)C2)CC1. The lowest BCUT2D eigenvalue weighted by molar-refractivity contribution is -0.137. The zero-order valence-corrected chi connectivity index (χ0v) is 16.8. The van der Waals surface area contributed by atoms with Crippen LogP contribution in [0.3, 0.4) is 0 Å². The lowest BCUT2D eigenvalue weighted by Gasteiger charge is -2.38. The monoisotopic (exact) mass is 370 g/mol. The summed E-state index contributed by atoms with van der Waals surface area (Å²) in [4.78, 5) is 31.0. The second-order valence-corrected chi connectivity index (χ2v) is 8.72. The van der Waals surface area contributed by atoms with Gasteiger partial charge in [0.2, 0.25) is 11.8 Å². The summed E-state index contributed by atoms with van der Waals surface area (Å²) in [6.07, 6.45) is 3.96. The van der Waals surface area contributed by atoms with E-state index in [1.54, 1.807) is 11.8 Å². The molecular weight excluding hydrogens is 336 g/mol. The Balaban J connectivity index is 1.74. The molecule has 2 N–H and O–H groups in total. The number of amides is 2. The van der Waals surface area contributed by atoms with E-state index >= 15 is 0 Å². The van der Waals surface area contributed by atoms with Crippen LogP contribution in [0.4, 0.5) is 0 Å². The van der Waals surface area contributed by atoms with Crippen LogP contribution >= 0.6 is 11.8 Å². The van der Waals surface area contributed by atoms with Crippen LogP contribution in [-0.2, 0) is 9.59 Å². The molecule has 2 amide bonds. The Morgan fingerprint density at radius 1 is 1.08 bits per heavy atom. The first-order valence-electron chi connectivity index (χ1n) is 9.44. The van der Waals surface area contributed by atoms with Crippen molar-refractivity contribution >= 4 is 23.6 Å². The minimum Gasteiger partial charge on any atom is -0.341 e. The molecule has 2 heterocycles. The summed E-state index contributed by atoms with van der Waals surface area (Å²) < 4.78 is 0. The molecule has 0 aliphatic carbocycles. The average molecular weight is 371 g/mol. The summed E-state index contributed by atoms with van der Waals surface area (Å²) in [5.74, 6) is 2.37. The molecule has 3 unspecified atom stereocenters. The number of nitrogens with zero attached hydrogens (tertiary/aromatic N) is 3. The molecular formula is C18H34N4O2S. The molecule has 2 fully saturated rings. The first-order valence-corrected chi connectivity index (χ1v) is 10.8. The quantitative estimate of drug-likeness (QED) is 0.746. The molecule has 0 radical (unpaired) electrons. The van der Waals surface area contributed by atoms with Crippen LogP contribution in [0.2, 0.25) is 0 Å². The Hall–Kier alpha value is -0.790. The molecule has 2 aliphatic heterocycles. The second-order valence-electron chi connectivity index (χ2n) is 7.73. The Kier molecular flexibility index (Phi) is 8.03. The number of hydrogen-bond donors (Lipinski definition) is 1. The van der Waals surface area contributed by atoms with E-state index in [0.717, 1.165) is 38.4 Å². The number of rotatable bonds is 6. The number of hydrogen-bond acceptors (Lipinski definition) is 5. The molecule has 0 saturated carbocycles. The van der Waals surface area contributed by atoms with E-state index in [9.17, 15) is 9.59 Å². The average Bonchev–Trinajstić information content (AvgIpc) is 2.58. The maximum atomic E-state index is 12.6. The number of thioether (sulfide) groups is 1. The first kappa shape index (κ1) is 20.5. The van der Waals surface area contributed by atoms with Gasteiger partial charge in [0.25, 0.3) is 0 Å². The zero-order valence-electron chi connectivity index (χ0n) is 15.9. The number of nitrogens with two attached hydrogens (primary N) is 1. The third-order valence-corrected chi connectivity index (χ3v) is 5.86. The van der Waals surface area contributed by atoms with Crippen LogP contribution in [0.5, 0.6) is 0 Å². The molecule has 0 spiro atoms. The zero-order chi connectivity index (χ0) is 18.4. The Labute approximate surface area is 156 Å². The summed E-state index contributed by atoms with van der Waals surface area (Å²) in [5, 5.41) is 0. The highest BCUT2D eigenvalue weighted by molar-refractivity contribution is 7.98. The number of piperidine rings is 1. The predicted molar refractivity (Wildman–Crippen MR) is 104 cm³/mol. The van der Waals surface area contributed by atoms with Gasteiger partial charge in [-0.25, -0.2) is 0 Å². The topological polar surface area (TPSA) is 69.9 Å². The van der Waals surface area contributed by atoms with Gasteiger partial charge in [-0.05, 0) is 36.7 Å². The smallest absolute Gasteiger partial charge is 0.239 e. The number of likely N-dealkylation sites (tertiary alicyclic amines) is 1. The number of carbonyl (C=O) groups is 2. The van der Waals surface area contributed by atoms with Gasteiger partial charge in [-0.1, -0.05) is 13.8 Å². The molecule has 0 aromatic heterocycles. The normalized spacial score (nSPS) is 26.6. The van der Waals surface area contributed by atoms with Crippen LogP contribution in [0.1, 0.15) is 26.7 Å². The van der Waals surface area contributed by atoms with Crippen molar-refractivity contribution in [3.05, 3.63) is 0 Å². The molecule has 25 heavy (non-hydrogen) atoms. The van der Waals surface area contributed by atoms with E-state index in [-0.39, 0.29) is 11.8 Å². The minimum atomic E-state index is -0.392. The van der Waals surface area contributed by atoms with Gasteiger partial charge in [0, 0.05) is 39.3 Å². The third-order valence-electron chi connectivity index (χ3n) is 5.21. The molecule has 2 saturated heterocycles. The first-order chi connectivity index (χ1) is 11.9. The van der Waals surface area contributed by atoms with Gasteiger partial charge in [-0.15, -0.1) is 0 Å². The summed E-state index contributed by atoms with van der Waals surface area (Å²) in [6.45, 7) is 9.54. The van der Waals surface area contributed by atoms with Crippen LogP contribution in [0.25, 0.3) is 0 Å². The molecule has 3 atom stereocenters. The largest absolute Gasteiger partial charge is 0.341 e. The highest BCUT2D eigenvalue weighted by Gasteiger charge is 2.29. The minimum absolute atomic E-state index is 0.0544. The predicted octanol–water partition coefficient (Wildman–Crippen LogP) is 0.716. The Morgan fingerprint density at radius 2 is 1.68 bits per heavy atom. The van der Waals surface area contributed by atoms with Gasteiger partial charge in [0.1, 0.15) is 0 Å². The molecule has 6 nitrogen and oxygen atoms in total. The van der Waals surface area contributed by atoms with Gasteiger partial charge in [0.05, 0.1) is 12.6 Å². The summed E-state index contributed by atoms with van der Waals surface area (Å²) in [5.41, 5.74) is 5.99. The fourth-order valence-corrected chi connectivity index (χ4v) is 4.38. The fourth-order valence-electron chi connectivity index (χ4n) is 3.89. The van der Waals surface area contributed by atoms with E-state index in [1.807, 2.05) is 16.1 Å². The van der Waals surface area contributed by atoms with Gasteiger partial charge in [0.15, 0.2) is 0 Å². The van der Waals surface area contributed by atoms with Crippen molar-refractivity contribution < 1.29 is 9.59 Å². The molecule has 0 aromatic carbocycles. The third kappa shape index (κ3) is 6.15. The van der Waals surface area contributed by atoms with Gasteiger partial charge >= 0.3 is 0 Å². The lowest BCUT2D eigenvalue weighted by Crippen LogP contribution is -2.55. The summed E-state index contributed by atoms with van der Waals surface area (Å²) in [7, 11) is 0. The van der Waals surface area contributed by atoms with Crippen LogP contribution in [0.15, 0.2) is 0 Å². The summed E-state index contributed by atoms with van der Waals surface area (Å²) >= 11 is 1.71. The molecule has 7 heteroatoms. The molecule has 2 rings (SSSR count). The standard InChI is InChI=1S/C18H34N4O2S/c1-14-10-15(2)12-22(11-14)17(23)13-20-5-7-21(8-6-20)18(24)16(19)4-9-25-3/h14-16H,4-13,19H2,1-3H3. The highest BCUT2D eigenvalue weighted by Crippen LogP contribution is 2.21. The van der Waals surface area contributed by atoms with Crippen molar-refractivity contribution in [2.24, 2.45) is 17.6 Å². The highest BCUT2D eigenvalue weighted by atomic mass is 32.2. The van der Waals surface area contributed by atoms with Crippen molar-refractivity contribution in [1.82, 2.24) is 14.7 Å². The van der Waals surface area contributed by atoms with E-state index in [4.69, 9.17) is 5.73 Å². The van der Waals surface area contributed by atoms with Crippen LogP contribution in [0, 0.1) is 11.8 Å². The van der Waals surface area contributed by atoms with Crippen molar-refractivity contribution in [2.45, 2.75) is 32.7 Å². The summed E-state index contributed by atoms with van der Waals surface area (Å²) in [6, 6.07) is -0.392. The Morgan fingerprint density at radius 3 is 2.24 bits per heavy atom. The second kappa shape index (κ2) is 9.78. The van der Waals surface area contributed by atoms with Crippen LogP contribution in [-0.4, -0.2) is 90.4 Å². The van der Waals surface area contributed by atoms with Crippen molar-refractivity contribution in [3.63, 3.8) is 0 Å². The number of piperazine rings is 1. The van der Waals surface area contributed by atoms with Gasteiger partial charge in [-0.2, -0.15) is 11.8 Å². The molecule has 144 valence electrons. The van der Waals surface area contributed by atoms with Crippen molar-refractivity contribution in [3.8, 4) is 0 Å². The van der Waals surface area contributed by atoms with Crippen molar-refractivity contribution in [1.29, 1.82) is 0 Å². The number of carbonyl (C=O) groups excluding carboxylic acids is 2. The van der Waals surface area contributed by atoms with E-state index in [1.165, 1.54) is 6.42 Å². The maximum absolute atomic E-state index is 12.6. The molecule has 2 aliphatic rings. The van der Waals surface area contributed by atoms with E-state index < -0.39 is 6.04 Å². The fraction of sp³-hybridized carbons (Fsp3) is 0.889. The maximum Gasteiger partial charge on any atom is 0.239 e. The van der Waals surface area contributed by atoms with Gasteiger partial charge in [-0.3, -0.25) is 14.5 Å². The van der Waals surface area contributed by atoms with E-state index in [0.29, 0.717) is 31.5 Å². The van der Waals surface area contributed by atoms with Crippen molar-refractivity contribution in [2.75, 3.05) is 57.8 Å². The van der Waals surface area contributed by atoms with Gasteiger partial charge < -0.3 is 15.5 Å². The Bertz CT molecular complexity index is 444. The molecule has 0 bridgehead atoms.